The van der Waals surface area contributed by atoms with Crippen molar-refractivity contribution in [3.8, 4) is 11.5 Å². The molecule has 0 aromatic heterocycles. The number of benzene rings is 2. The van der Waals surface area contributed by atoms with Crippen LogP contribution < -0.4 is 10.2 Å². The van der Waals surface area contributed by atoms with Crippen LogP contribution in [0.25, 0.3) is 0 Å². The maximum Gasteiger partial charge on any atom is 0.262 e. The first-order valence-electron chi connectivity index (χ1n) is 7.77. The van der Waals surface area contributed by atoms with Gasteiger partial charge in [0, 0.05) is 6.54 Å². The van der Waals surface area contributed by atoms with Gasteiger partial charge in [0.1, 0.15) is 17.5 Å². The largest absolute Gasteiger partial charge is 0.508 e. The number of phenolic OH excluding ortho intramolecular Hbond substituents is 1. The number of ether oxygens (including phenoxy) is 1. The van der Waals surface area contributed by atoms with Gasteiger partial charge in [-0.25, -0.2) is 13.9 Å². The Balaban J connectivity index is 2.04. The van der Waals surface area contributed by atoms with Crippen LogP contribution in [-0.2, 0) is 27.8 Å². The van der Waals surface area contributed by atoms with Gasteiger partial charge in [-0.15, -0.1) is 0 Å². The van der Waals surface area contributed by atoms with Gasteiger partial charge in [0.05, 0.1) is 12.0 Å². The zero-order valence-electron chi connectivity index (χ0n) is 13.9. The number of nitrogens with zero attached hydrogens (tertiary/aromatic N) is 1. The highest BCUT2D eigenvalue weighted by Gasteiger charge is 2.39. The summed E-state index contributed by atoms with van der Waals surface area (Å²) in [6.07, 6.45) is 0.0807. The van der Waals surface area contributed by atoms with Crippen LogP contribution in [0.3, 0.4) is 0 Å². The second-order valence-corrected chi connectivity index (χ2v) is 7.77. The van der Waals surface area contributed by atoms with Crippen molar-refractivity contribution in [1.82, 2.24) is 9.79 Å². The lowest BCUT2D eigenvalue weighted by Gasteiger charge is -2.34. The second kappa shape index (κ2) is 6.94. The first-order valence-corrected chi connectivity index (χ1v) is 9.21. The molecule has 1 aliphatic heterocycles. The fourth-order valence-corrected chi connectivity index (χ4v) is 4.55. The van der Waals surface area contributed by atoms with Crippen molar-refractivity contribution in [3.05, 3.63) is 53.6 Å². The number of carbonyl (C=O) groups excluding carboxylic acids is 1. The van der Waals surface area contributed by atoms with Crippen molar-refractivity contribution in [1.29, 1.82) is 0 Å². The van der Waals surface area contributed by atoms with Crippen molar-refractivity contribution in [2.24, 2.45) is 0 Å². The maximum atomic E-state index is 13.1. The van der Waals surface area contributed by atoms with E-state index >= 15 is 0 Å². The number of rotatable bonds is 4. The van der Waals surface area contributed by atoms with Crippen molar-refractivity contribution >= 4 is 15.9 Å². The van der Waals surface area contributed by atoms with Crippen LogP contribution in [-0.4, -0.2) is 42.1 Å². The van der Waals surface area contributed by atoms with E-state index in [-0.39, 0.29) is 23.6 Å². The summed E-state index contributed by atoms with van der Waals surface area (Å²) in [5, 5.41) is 18.7. The zero-order valence-corrected chi connectivity index (χ0v) is 14.7. The van der Waals surface area contributed by atoms with Crippen molar-refractivity contribution < 1.29 is 28.3 Å². The molecule has 0 radical (unpaired) electrons. The molecule has 0 bridgehead atoms. The topological polar surface area (TPSA) is 116 Å². The number of hydrogen-bond donors (Lipinski definition) is 3. The number of fused-ring (bicyclic) bond motifs is 1. The Bertz CT molecular complexity index is 927. The van der Waals surface area contributed by atoms with E-state index in [0.29, 0.717) is 11.3 Å². The molecule has 1 atom stereocenters. The lowest BCUT2D eigenvalue weighted by molar-refractivity contribution is -0.133. The van der Waals surface area contributed by atoms with Gasteiger partial charge in [0.25, 0.3) is 5.91 Å². The third-order valence-corrected chi connectivity index (χ3v) is 6.22. The van der Waals surface area contributed by atoms with Crippen molar-refractivity contribution in [2.75, 3.05) is 7.11 Å². The molecular formula is C17H18N2O6S. The van der Waals surface area contributed by atoms with Crippen LogP contribution in [0.2, 0.25) is 0 Å². The molecule has 2 aromatic carbocycles. The van der Waals surface area contributed by atoms with Crippen molar-refractivity contribution in [2.45, 2.75) is 23.9 Å². The molecule has 0 saturated carbocycles. The first-order chi connectivity index (χ1) is 12.4. The predicted octanol–water partition coefficient (Wildman–Crippen LogP) is 1.02. The molecule has 3 rings (SSSR count). The van der Waals surface area contributed by atoms with E-state index in [1.54, 1.807) is 6.07 Å². The summed E-state index contributed by atoms with van der Waals surface area (Å²) in [5.41, 5.74) is 2.87. The first kappa shape index (κ1) is 18.2. The van der Waals surface area contributed by atoms with Crippen LogP contribution in [0, 0.1) is 0 Å². The van der Waals surface area contributed by atoms with Gasteiger partial charge in [-0.2, -0.15) is 4.31 Å². The van der Waals surface area contributed by atoms with Crippen LogP contribution in [0.5, 0.6) is 11.5 Å². The lowest BCUT2D eigenvalue weighted by atomic mass is 9.95. The van der Waals surface area contributed by atoms with Gasteiger partial charge in [-0.05, 0) is 53.9 Å². The molecule has 1 heterocycles. The van der Waals surface area contributed by atoms with E-state index < -0.39 is 22.0 Å². The van der Waals surface area contributed by atoms with Gasteiger partial charge < -0.3 is 9.84 Å². The minimum absolute atomic E-state index is 0.00218. The standard InChI is InChI=1S/C17H18N2O6S/c1-25-14-4-6-15(7-5-14)26(23,24)19-10-12-8-13(20)3-2-11(12)9-16(19)17(21)18-22/h2-8,16,20,22H,9-10H2,1H3,(H,18,21). The van der Waals surface area contributed by atoms with E-state index in [1.165, 1.54) is 49.0 Å². The molecule has 3 N–H and O–H groups in total. The molecule has 0 spiro atoms. The molecule has 0 saturated heterocycles. The minimum Gasteiger partial charge on any atom is -0.508 e. The van der Waals surface area contributed by atoms with Gasteiger partial charge in [-0.1, -0.05) is 6.07 Å². The smallest absolute Gasteiger partial charge is 0.262 e. The fraction of sp³-hybridized carbons (Fsp3) is 0.235. The Morgan fingerprint density at radius 1 is 1.19 bits per heavy atom. The summed E-state index contributed by atoms with van der Waals surface area (Å²) in [5.74, 6) is -0.307. The SMILES string of the molecule is COc1ccc(S(=O)(=O)N2Cc3cc(O)ccc3CC2C(=O)NO)cc1. The number of sulfonamides is 1. The van der Waals surface area contributed by atoms with Gasteiger partial charge in [0.2, 0.25) is 10.0 Å². The number of phenols is 1. The highest BCUT2D eigenvalue weighted by Crippen LogP contribution is 2.31. The zero-order chi connectivity index (χ0) is 18.9. The number of methoxy groups -OCH3 is 1. The van der Waals surface area contributed by atoms with Crippen LogP contribution >= 0.6 is 0 Å². The highest BCUT2D eigenvalue weighted by molar-refractivity contribution is 7.89. The van der Waals surface area contributed by atoms with Crippen molar-refractivity contribution in [3.63, 3.8) is 0 Å². The molecule has 26 heavy (non-hydrogen) atoms. The highest BCUT2D eigenvalue weighted by atomic mass is 32.2. The Morgan fingerprint density at radius 2 is 1.88 bits per heavy atom. The quantitative estimate of drug-likeness (QED) is 0.540. The summed E-state index contributed by atoms with van der Waals surface area (Å²) in [6, 6.07) is 9.28. The van der Waals surface area contributed by atoms with Gasteiger partial charge in [-0.3, -0.25) is 10.0 Å². The van der Waals surface area contributed by atoms with Gasteiger partial charge >= 0.3 is 0 Å². The molecule has 8 nitrogen and oxygen atoms in total. The minimum atomic E-state index is -4.02. The van der Waals surface area contributed by atoms with E-state index in [1.807, 2.05) is 0 Å². The summed E-state index contributed by atoms with van der Waals surface area (Å²) in [7, 11) is -2.55. The molecule has 138 valence electrons. The fourth-order valence-electron chi connectivity index (χ4n) is 2.98. The monoisotopic (exact) mass is 378 g/mol. The maximum absolute atomic E-state index is 13.1. The third kappa shape index (κ3) is 3.24. The Labute approximate surface area is 150 Å². The van der Waals surface area contributed by atoms with E-state index in [0.717, 1.165) is 9.87 Å². The summed E-state index contributed by atoms with van der Waals surface area (Å²) in [6.45, 7) is -0.101. The number of aromatic hydroxyl groups is 1. The molecule has 0 aliphatic carbocycles. The Morgan fingerprint density at radius 3 is 2.50 bits per heavy atom. The average Bonchev–Trinajstić information content (AvgIpc) is 2.66. The summed E-state index contributed by atoms with van der Waals surface area (Å²) < 4.78 is 32.2. The number of carbonyl (C=O) groups is 1. The van der Waals surface area contributed by atoms with Crippen LogP contribution in [0.4, 0.5) is 0 Å². The third-order valence-electron chi connectivity index (χ3n) is 4.36. The molecule has 1 unspecified atom stereocenters. The predicted molar refractivity (Wildman–Crippen MR) is 91.3 cm³/mol. The molecule has 9 heteroatoms. The number of nitrogens with one attached hydrogen (secondary N) is 1. The number of amides is 1. The lowest BCUT2D eigenvalue weighted by Crippen LogP contribution is -2.51. The molecule has 1 amide bonds. The average molecular weight is 378 g/mol. The second-order valence-electron chi connectivity index (χ2n) is 5.87. The van der Waals surface area contributed by atoms with E-state index in [9.17, 15) is 18.3 Å². The van der Waals surface area contributed by atoms with Crippen LogP contribution in [0.15, 0.2) is 47.4 Å². The number of hydroxylamine groups is 1. The van der Waals surface area contributed by atoms with Gasteiger partial charge in [0.15, 0.2) is 0 Å². The summed E-state index contributed by atoms with van der Waals surface area (Å²) >= 11 is 0. The molecule has 0 fully saturated rings. The molecular weight excluding hydrogens is 360 g/mol. The normalized spacial score (nSPS) is 17.4. The van der Waals surface area contributed by atoms with Crippen LogP contribution in [0.1, 0.15) is 11.1 Å². The van der Waals surface area contributed by atoms with E-state index in [4.69, 9.17) is 9.94 Å². The van der Waals surface area contributed by atoms with E-state index in [2.05, 4.69) is 0 Å². The number of hydrogen-bond acceptors (Lipinski definition) is 6. The Hall–Kier alpha value is -2.62. The molecule has 2 aromatic rings. The summed E-state index contributed by atoms with van der Waals surface area (Å²) in [4.78, 5) is 12.1. The Kier molecular flexibility index (Phi) is 4.86. The molecule has 1 aliphatic rings.